The maximum Gasteiger partial charge on any atom is 0.305 e. The monoisotopic (exact) mass is 418 g/mol. The molecule has 0 aromatic carbocycles. The molecule has 3 unspecified atom stereocenters. The Labute approximate surface area is 178 Å². The lowest BCUT2D eigenvalue weighted by molar-refractivity contribution is -0.155. The van der Waals surface area contributed by atoms with E-state index in [9.17, 15) is 19.5 Å². The molecule has 0 aliphatic heterocycles. The number of carbonyl (C=O) groups excluding carboxylic acids is 3. The quantitative estimate of drug-likeness (QED) is 0.707. The summed E-state index contributed by atoms with van der Waals surface area (Å²) in [6.07, 6.45) is 5.35. The third-order valence-electron chi connectivity index (χ3n) is 8.76. The van der Waals surface area contributed by atoms with Gasteiger partial charge in [0, 0.05) is 31.1 Å². The van der Waals surface area contributed by atoms with Gasteiger partial charge in [0.05, 0.1) is 6.10 Å². The molecule has 30 heavy (non-hydrogen) atoms. The summed E-state index contributed by atoms with van der Waals surface area (Å²) in [6.45, 7) is 7.48. The Morgan fingerprint density at radius 1 is 1.17 bits per heavy atom. The minimum Gasteiger partial charge on any atom is -0.462 e. The normalized spacial score (nSPS) is 45.0. The summed E-state index contributed by atoms with van der Waals surface area (Å²) in [4.78, 5) is 36.6. The fourth-order valence-corrected chi connectivity index (χ4v) is 7.03. The number of ketones is 1. The summed E-state index contributed by atoms with van der Waals surface area (Å²) < 4.78 is 11.0. The average Bonchev–Trinajstić information content (AvgIpc) is 2.93. The van der Waals surface area contributed by atoms with E-state index in [1.54, 1.807) is 6.92 Å². The first-order valence-electron chi connectivity index (χ1n) is 11.4. The first-order chi connectivity index (χ1) is 14.1. The van der Waals surface area contributed by atoms with Crippen molar-refractivity contribution in [2.45, 2.75) is 91.0 Å². The van der Waals surface area contributed by atoms with Crippen LogP contribution in [-0.2, 0) is 23.9 Å². The SMILES string of the molecule is CCC(=O)O[C@H]1CC[C@@]2(C)C(=CC(=O)C3C2CC[C@@]2(C)C3C[C@@H](OC(C)=O)[C@@H]2O)C1. The van der Waals surface area contributed by atoms with Crippen molar-refractivity contribution in [3.63, 3.8) is 0 Å². The van der Waals surface area contributed by atoms with Gasteiger partial charge in [-0.25, -0.2) is 0 Å². The second-order valence-electron chi connectivity index (χ2n) is 10.3. The molecule has 4 aliphatic rings. The summed E-state index contributed by atoms with van der Waals surface area (Å²) in [5.41, 5.74) is 0.624. The van der Waals surface area contributed by atoms with Gasteiger partial charge in [0.15, 0.2) is 5.78 Å². The third-order valence-corrected chi connectivity index (χ3v) is 8.76. The Morgan fingerprint density at radius 2 is 1.90 bits per heavy atom. The predicted molar refractivity (Wildman–Crippen MR) is 109 cm³/mol. The van der Waals surface area contributed by atoms with E-state index >= 15 is 0 Å². The van der Waals surface area contributed by atoms with Crippen LogP contribution in [0.5, 0.6) is 0 Å². The summed E-state index contributed by atoms with van der Waals surface area (Å²) in [5, 5.41) is 11.0. The van der Waals surface area contributed by atoms with Crippen LogP contribution < -0.4 is 0 Å². The first kappa shape index (κ1) is 21.5. The number of rotatable bonds is 3. The highest BCUT2D eigenvalue weighted by Crippen LogP contribution is 2.64. The second kappa shape index (κ2) is 7.47. The van der Waals surface area contributed by atoms with Crippen LogP contribution in [0.2, 0.25) is 0 Å². The van der Waals surface area contributed by atoms with E-state index < -0.39 is 17.6 Å². The zero-order valence-electron chi connectivity index (χ0n) is 18.5. The summed E-state index contributed by atoms with van der Waals surface area (Å²) >= 11 is 0. The predicted octanol–water partition coefficient (Wildman–Crippen LogP) is 3.35. The Bertz CT molecular complexity index is 787. The van der Waals surface area contributed by atoms with Crippen molar-refractivity contribution >= 4 is 17.7 Å². The molecule has 8 atom stereocenters. The zero-order chi connectivity index (χ0) is 21.8. The number of esters is 2. The fraction of sp³-hybridized carbons (Fsp3) is 0.792. The summed E-state index contributed by atoms with van der Waals surface area (Å²) in [5.74, 6) is -0.373. The van der Waals surface area contributed by atoms with Crippen molar-refractivity contribution in [3.05, 3.63) is 11.6 Å². The maximum atomic E-state index is 13.4. The van der Waals surface area contributed by atoms with Gasteiger partial charge >= 0.3 is 11.9 Å². The van der Waals surface area contributed by atoms with Gasteiger partial charge in [-0.05, 0) is 55.4 Å². The van der Waals surface area contributed by atoms with Crippen LogP contribution in [0.3, 0.4) is 0 Å². The number of carbonyl (C=O) groups is 3. The third kappa shape index (κ3) is 3.22. The highest BCUT2D eigenvalue weighted by atomic mass is 16.6. The van der Waals surface area contributed by atoms with E-state index in [-0.39, 0.29) is 47.0 Å². The van der Waals surface area contributed by atoms with Crippen LogP contribution in [0, 0.1) is 28.6 Å². The first-order valence-corrected chi connectivity index (χ1v) is 11.4. The molecule has 3 fully saturated rings. The van der Waals surface area contributed by atoms with Crippen LogP contribution in [0.4, 0.5) is 0 Å². The van der Waals surface area contributed by atoms with Crippen LogP contribution >= 0.6 is 0 Å². The minimum absolute atomic E-state index is 0.00775. The number of allylic oxidation sites excluding steroid dienone is 1. The molecule has 6 heteroatoms. The van der Waals surface area contributed by atoms with Crippen LogP contribution in [0.1, 0.15) is 72.6 Å². The topological polar surface area (TPSA) is 89.9 Å². The lowest BCUT2D eigenvalue weighted by atomic mass is 9.47. The molecule has 166 valence electrons. The Balaban J connectivity index is 1.61. The minimum atomic E-state index is -0.734. The number of hydrogen-bond donors (Lipinski definition) is 1. The van der Waals surface area contributed by atoms with E-state index in [1.807, 2.05) is 6.08 Å². The van der Waals surface area contributed by atoms with E-state index in [2.05, 4.69) is 13.8 Å². The molecular weight excluding hydrogens is 384 g/mol. The average molecular weight is 419 g/mol. The standard InChI is InChI=1S/C24H34O6/c1-5-20(27)30-15-6-8-23(3)14(10-15)11-18(26)21-16(23)7-9-24(4)17(21)12-19(22(24)28)29-13(2)25/h11,15-17,19,21-22,28H,5-10,12H2,1-4H3/t15-,16?,17?,19+,21?,22-,23-,24-/m0/s1. The van der Waals surface area contributed by atoms with Crippen molar-refractivity contribution in [2.75, 3.05) is 0 Å². The van der Waals surface area contributed by atoms with Gasteiger partial charge in [0.2, 0.25) is 0 Å². The molecule has 1 N–H and O–H groups in total. The van der Waals surface area contributed by atoms with Crippen molar-refractivity contribution in [3.8, 4) is 0 Å². The molecule has 4 rings (SSSR count). The molecule has 0 saturated heterocycles. The zero-order valence-corrected chi connectivity index (χ0v) is 18.5. The Hall–Kier alpha value is -1.69. The lowest BCUT2D eigenvalue weighted by Gasteiger charge is -2.56. The number of ether oxygens (including phenoxy) is 2. The maximum absolute atomic E-state index is 13.4. The number of aliphatic hydroxyl groups excluding tert-OH is 1. The van der Waals surface area contributed by atoms with Gasteiger partial charge < -0.3 is 14.6 Å². The van der Waals surface area contributed by atoms with E-state index in [0.717, 1.165) is 31.3 Å². The molecule has 0 heterocycles. The van der Waals surface area contributed by atoms with Gasteiger partial charge in [-0.1, -0.05) is 26.3 Å². The molecule has 0 bridgehead atoms. The summed E-state index contributed by atoms with van der Waals surface area (Å²) in [6, 6.07) is 0. The Morgan fingerprint density at radius 3 is 2.57 bits per heavy atom. The molecule has 4 aliphatic carbocycles. The van der Waals surface area contributed by atoms with Gasteiger partial charge in [-0.2, -0.15) is 0 Å². The van der Waals surface area contributed by atoms with Crippen LogP contribution in [0.25, 0.3) is 0 Å². The van der Waals surface area contributed by atoms with Gasteiger partial charge in [0.1, 0.15) is 12.2 Å². The molecule has 0 aromatic heterocycles. The van der Waals surface area contributed by atoms with Crippen molar-refractivity contribution in [2.24, 2.45) is 28.6 Å². The number of aliphatic hydroxyl groups is 1. The van der Waals surface area contributed by atoms with Crippen molar-refractivity contribution < 1.29 is 29.0 Å². The van der Waals surface area contributed by atoms with E-state index in [1.165, 1.54) is 6.92 Å². The molecule has 0 amide bonds. The van der Waals surface area contributed by atoms with Crippen LogP contribution in [0.15, 0.2) is 11.6 Å². The van der Waals surface area contributed by atoms with Gasteiger partial charge in [0.25, 0.3) is 0 Å². The Kier molecular flexibility index (Phi) is 5.36. The number of fused-ring (bicyclic) bond motifs is 5. The van der Waals surface area contributed by atoms with Gasteiger partial charge in [-0.15, -0.1) is 0 Å². The molecule has 0 aromatic rings. The molecule has 6 nitrogen and oxygen atoms in total. The number of hydrogen-bond acceptors (Lipinski definition) is 6. The second-order valence-corrected chi connectivity index (χ2v) is 10.3. The smallest absolute Gasteiger partial charge is 0.305 e. The van der Waals surface area contributed by atoms with Crippen LogP contribution in [-0.4, -0.2) is 41.1 Å². The van der Waals surface area contributed by atoms with E-state index in [4.69, 9.17) is 9.47 Å². The van der Waals surface area contributed by atoms with Gasteiger partial charge in [-0.3, -0.25) is 14.4 Å². The highest BCUT2D eigenvalue weighted by molar-refractivity contribution is 5.94. The molecular formula is C24H34O6. The molecule has 0 spiro atoms. The van der Waals surface area contributed by atoms with Crippen molar-refractivity contribution in [1.29, 1.82) is 0 Å². The lowest BCUT2D eigenvalue weighted by Crippen LogP contribution is -2.54. The largest absolute Gasteiger partial charge is 0.462 e. The molecule has 3 saturated carbocycles. The summed E-state index contributed by atoms with van der Waals surface area (Å²) in [7, 11) is 0. The van der Waals surface area contributed by atoms with E-state index in [0.29, 0.717) is 19.3 Å². The molecule has 0 radical (unpaired) electrons. The fourth-order valence-electron chi connectivity index (χ4n) is 7.03. The van der Waals surface area contributed by atoms with Crippen molar-refractivity contribution in [1.82, 2.24) is 0 Å². The highest BCUT2D eigenvalue weighted by Gasteiger charge is 2.63.